The lowest BCUT2D eigenvalue weighted by atomic mass is 10.1. The lowest BCUT2D eigenvalue weighted by Crippen LogP contribution is -2.48. The van der Waals surface area contributed by atoms with Crippen LogP contribution < -0.4 is 5.32 Å². The fraction of sp³-hybridized carbons (Fsp3) is 0.500. The molecule has 37 heavy (non-hydrogen) atoms. The number of amides is 1. The molecule has 198 valence electrons. The van der Waals surface area contributed by atoms with Crippen LogP contribution >= 0.6 is 8.25 Å². The van der Waals surface area contributed by atoms with Gasteiger partial charge in [0.1, 0.15) is 12.4 Å². The Morgan fingerprint density at radius 2 is 1.89 bits per heavy atom. The minimum atomic E-state index is -2.88. The molecule has 0 spiro atoms. The number of fused-ring (bicyclic) bond motifs is 1. The molecule has 2 N–H and O–H groups in total. The van der Waals surface area contributed by atoms with E-state index in [2.05, 4.69) is 54.1 Å². The molecule has 13 heteroatoms. The molecule has 1 aliphatic heterocycles. The molecule has 1 amide bonds. The van der Waals surface area contributed by atoms with Crippen LogP contribution in [-0.2, 0) is 18.3 Å². The van der Waals surface area contributed by atoms with E-state index < -0.39 is 41.1 Å². The summed E-state index contributed by atoms with van der Waals surface area (Å²) in [5.74, 6) is -0.0617. The van der Waals surface area contributed by atoms with E-state index in [0.29, 0.717) is 23.1 Å². The fourth-order valence-corrected chi connectivity index (χ4v) is 5.78. The van der Waals surface area contributed by atoms with Gasteiger partial charge in [-0.25, -0.2) is 15.0 Å². The molecule has 5 unspecified atom stereocenters. The van der Waals surface area contributed by atoms with Crippen molar-refractivity contribution in [3.8, 4) is 0 Å². The van der Waals surface area contributed by atoms with Gasteiger partial charge in [-0.2, -0.15) is 0 Å². The normalized spacial score (nSPS) is 22.8. The second-order valence-corrected chi connectivity index (χ2v) is 15.9. The van der Waals surface area contributed by atoms with Gasteiger partial charge in [0.15, 0.2) is 37.6 Å². The molecule has 1 fully saturated rings. The Morgan fingerprint density at radius 1 is 1.19 bits per heavy atom. The zero-order valence-corrected chi connectivity index (χ0v) is 23.7. The fourth-order valence-electron chi connectivity index (χ4n) is 4.03. The lowest BCUT2D eigenvalue weighted by Gasteiger charge is -2.40. The number of hydrogen-bond donors (Lipinski definition) is 2. The average Bonchev–Trinajstić information content (AvgIpc) is 3.40. The molecule has 1 aromatic carbocycles. The average molecular weight is 547 g/mol. The van der Waals surface area contributed by atoms with Crippen LogP contribution in [0.15, 0.2) is 43.0 Å². The van der Waals surface area contributed by atoms with Crippen molar-refractivity contribution < 1.29 is 27.9 Å². The molecule has 3 heterocycles. The summed E-state index contributed by atoms with van der Waals surface area (Å²) in [6.07, 6.45) is 0.773. The molecule has 1 aliphatic rings. The van der Waals surface area contributed by atoms with Gasteiger partial charge in [-0.1, -0.05) is 45.9 Å². The van der Waals surface area contributed by atoms with Crippen LogP contribution in [0.2, 0.25) is 18.1 Å². The van der Waals surface area contributed by atoms with Crippen molar-refractivity contribution in [2.24, 2.45) is 0 Å². The number of nitrogens with one attached hydrogen (secondary N) is 1. The highest BCUT2D eigenvalue weighted by Gasteiger charge is 2.54. The summed E-state index contributed by atoms with van der Waals surface area (Å²) < 4.78 is 32.0. The van der Waals surface area contributed by atoms with Crippen LogP contribution in [0.5, 0.6) is 0 Å². The summed E-state index contributed by atoms with van der Waals surface area (Å²) in [7, 11) is -5.24. The third-order valence-corrected chi connectivity index (χ3v) is 11.9. The van der Waals surface area contributed by atoms with Gasteiger partial charge in [-0.05, 0) is 36.7 Å². The number of benzene rings is 1. The Kier molecular flexibility index (Phi) is 7.89. The van der Waals surface area contributed by atoms with E-state index in [1.54, 1.807) is 35.2 Å². The first-order valence-electron chi connectivity index (χ1n) is 12.1. The number of anilines is 1. The van der Waals surface area contributed by atoms with Gasteiger partial charge < -0.3 is 14.5 Å². The van der Waals surface area contributed by atoms with Gasteiger partial charge >= 0.3 is 8.25 Å². The molecular formula is C24H33N5O6PSi+. The van der Waals surface area contributed by atoms with Crippen LogP contribution in [0.1, 0.15) is 50.7 Å². The maximum atomic E-state index is 12.7. The first-order valence-corrected chi connectivity index (χ1v) is 16.2. The van der Waals surface area contributed by atoms with Crippen LogP contribution in [-0.4, -0.2) is 56.9 Å². The minimum absolute atomic E-state index is 0.123. The number of carbonyl (C=O) groups excluding carboxylic acids is 1. The number of ether oxygens (including phenoxy) is 1. The number of hydrogen-bond acceptors (Lipinski definition) is 8. The highest BCUT2D eigenvalue weighted by atomic mass is 31.1. The Morgan fingerprint density at radius 3 is 2.51 bits per heavy atom. The summed E-state index contributed by atoms with van der Waals surface area (Å²) in [5.41, 5.74) is 1.29. The second-order valence-electron chi connectivity index (χ2n) is 10.5. The predicted octanol–water partition coefficient (Wildman–Crippen LogP) is 4.81. The summed E-state index contributed by atoms with van der Waals surface area (Å²) in [4.78, 5) is 35.5. The van der Waals surface area contributed by atoms with Gasteiger partial charge in [0, 0.05) is 10.1 Å². The maximum Gasteiger partial charge on any atom is 0.695 e. The number of imidazole rings is 1. The second kappa shape index (κ2) is 10.6. The van der Waals surface area contributed by atoms with E-state index in [9.17, 15) is 14.3 Å². The summed E-state index contributed by atoms with van der Waals surface area (Å²) >= 11 is 0. The predicted molar refractivity (Wildman–Crippen MR) is 141 cm³/mol. The molecule has 2 aromatic heterocycles. The summed E-state index contributed by atoms with van der Waals surface area (Å²) in [6.45, 7) is 12.5. The van der Waals surface area contributed by atoms with E-state index in [1.165, 1.54) is 6.33 Å². The number of carbonyl (C=O) groups is 1. The standard InChI is InChI=1S/C24H32N5O6PSi/c1-7-16-18(34-36(31)32)19(35-37(5,6)24(2,3)4)23(33-16)29-14-27-17-20(25-13-26-21(17)29)28-22(30)15-11-9-8-10-12-15/h8-14,16,18-19,23H,7H2,1-6H3,(H-,25,26,28,30,31,32)/p+1. The third kappa shape index (κ3) is 5.64. The van der Waals surface area contributed by atoms with Gasteiger partial charge in [0.25, 0.3) is 5.91 Å². The van der Waals surface area contributed by atoms with Gasteiger partial charge in [0.05, 0.1) is 12.4 Å². The number of rotatable bonds is 8. The molecule has 0 saturated carbocycles. The van der Waals surface area contributed by atoms with Gasteiger partial charge in [-0.3, -0.25) is 9.36 Å². The molecule has 4 rings (SSSR count). The summed E-state index contributed by atoms with van der Waals surface area (Å²) in [6, 6.07) is 8.81. The van der Waals surface area contributed by atoms with Gasteiger partial charge in [-0.15, -0.1) is 9.42 Å². The van der Waals surface area contributed by atoms with Crippen molar-refractivity contribution in [1.82, 2.24) is 19.5 Å². The molecule has 1 saturated heterocycles. The quantitative estimate of drug-likeness (QED) is 0.301. The van der Waals surface area contributed by atoms with Crippen LogP contribution in [0.3, 0.4) is 0 Å². The van der Waals surface area contributed by atoms with Crippen LogP contribution in [0.4, 0.5) is 5.82 Å². The first-order chi connectivity index (χ1) is 17.4. The van der Waals surface area contributed by atoms with E-state index >= 15 is 0 Å². The zero-order valence-electron chi connectivity index (χ0n) is 21.8. The maximum absolute atomic E-state index is 12.7. The van der Waals surface area contributed by atoms with Crippen molar-refractivity contribution in [1.29, 1.82) is 0 Å². The van der Waals surface area contributed by atoms with Crippen molar-refractivity contribution in [3.63, 3.8) is 0 Å². The van der Waals surface area contributed by atoms with Crippen molar-refractivity contribution >= 4 is 39.5 Å². The zero-order chi connectivity index (χ0) is 27.0. The molecule has 5 atom stereocenters. The Labute approximate surface area is 217 Å². The minimum Gasteiger partial charge on any atom is -0.406 e. The molecule has 3 aromatic rings. The highest BCUT2D eigenvalue weighted by molar-refractivity contribution is 7.32. The highest BCUT2D eigenvalue weighted by Crippen LogP contribution is 2.45. The van der Waals surface area contributed by atoms with Crippen molar-refractivity contribution in [2.45, 2.75) is 76.8 Å². The largest absolute Gasteiger partial charge is 0.695 e. The number of nitrogens with zero attached hydrogens (tertiary/aromatic N) is 4. The van der Waals surface area contributed by atoms with Crippen LogP contribution in [0.25, 0.3) is 11.2 Å². The van der Waals surface area contributed by atoms with E-state index in [0.717, 1.165) is 0 Å². The van der Waals surface area contributed by atoms with E-state index in [4.69, 9.17) is 13.7 Å². The molecule has 0 bridgehead atoms. The smallest absolute Gasteiger partial charge is 0.406 e. The SMILES string of the molecule is CCC1OC(n2cnc3c(NC(=O)c4ccccc4)ncnc32)C(O[Si](C)(C)C(C)(C)C)C1O[P+](=O)O. The molecular weight excluding hydrogens is 513 g/mol. The molecule has 0 radical (unpaired) electrons. The van der Waals surface area contributed by atoms with Gasteiger partial charge in [0.2, 0.25) is 0 Å². The summed E-state index contributed by atoms with van der Waals surface area (Å²) in [5, 5.41) is 2.68. The number of aromatic nitrogens is 4. The lowest BCUT2D eigenvalue weighted by molar-refractivity contribution is -0.0324. The Hall–Kier alpha value is -2.60. The van der Waals surface area contributed by atoms with Crippen LogP contribution in [0, 0.1) is 0 Å². The van der Waals surface area contributed by atoms with Crippen molar-refractivity contribution in [2.75, 3.05) is 5.32 Å². The van der Waals surface area contributed by atoms with Crippen molar-refractivity contribution in [3.05, 3.63) is 48.5 Å². The monoisotopic (exact) mass is 546 g/mol. The Bertz CT molecular complexity index is 1280. The Balaban J connectivity index is 1.72. The third-order valence-electron chi connectivity index (χ3n) is 7.04. The first kappa shape index (κ1) is 27.4. The topological polar surface area (TPSA) is 138 Å². The molecule has 0 aliphatic carbocycles. The molecule has 11 nitrogen and oxygen atoms in total. The van der Waals surface area contributed by atoms with E-state index in [1.807, 2.05) is 13.0 Å². The van der Waals surface area contributed by atoms with E-state index in [-0.39, 0.29) is 16.8 Å².